The molecule has 1 aliphatic heterocycles. The van der Waals surface area contributed by atoms with Crippen molar-refractivity contribution in [3.63, 3.8) is 0 Å². The Labute approximate surface area is 91.3 Å². The van der Waals surface area contributed by atoms with Gasteiger partial charge < -0.3 is 10.4 Å². The second-order valence-electron chi connectivity index (χ2n) is 4.56. The number of phenolic OH excluding ortho intramolecular Hbond substituents is 1. The molecule has 1 unspecified atom stereocenters. The summed E-state index contributed by atoms with van der Waals surface area (Å²) >= 11 is 0. The second kappa shape index (κ2) is 4.23. The van der Waals surface area contributed by atoms with Gasteiger partial charge >= 0.3 is 0 Å². The number of aromatic hydroxyl groups is 1. The predicted octanol–water partition coefficient (Wildman–Crippen LogP) is 2.30. The fourth-order valence-corrected chi connectivity index (χ4v) is 2.47. The van der Waals surface area contributed by atoms with E-state index in [1.54, 1.807) is 0 Å². The molecular formula is C13H19NO. The van der Waals surface area contributed by atoms with E-state index < -0.39 is 0 Å². The lowest BCUT2D eigenvalue weighted by Crippen LogP contribution is -2.24. The van der Waals surface area contributed by atoms with Gasteiger partial charge in [-0.2, -0.15) is 0 Å². The lowest BCUT2D eigenvalue weighted by Gasteiger charge is -2.15. The largest absolute Gasteiger partial charge is 0.508 e. The van der Waals surface area contributed by atoms with Crippen molar-refractivity contribution < 1.29 is 5.11 Å². The van der Waals surface area contributed by atoms with Gasteiger partial charge in [-0.3, -0.25) is 0 Å². The Bertz CT molecular complexity index is 331. The van der Waals surface area contributed by atoms with Crippen LogP contribution in [0.25, 0.3) is 0 Å². The molecule has 0 saturated carbocycles. The zero-order valence-corrected chi connectivity index (χ0v) is 9.51. The van der Waals surface area contributed by atoms with Gasteiger partial charge in [0, 0.05) is 6.04 Å². The zero-order chi connectivity index (χ0) is 10.8. The van der Waals surface area contributed by atoms with Crippen LogP contribution in [0.2, 0.25) is 0 Å². The van der Waals surface area contributed by atoms with Gasteiger partial charge in [0.25, 0.3) is 0 Å². The van der Waals surface area contributed by atoms with Gasteiger partial charge in [-0.05, 0) is 68.5 Å². The summed E-state index contributed by atoms with van der Waals surface area (Å²) in [6.45, 7) is 5.31. The number of aryl methyl sites for hydroxylation is 2. The van der Waals surface area contributed by atoms with Crippen molar-refractivity contribution in [3.8, 4) is 5.75 Å². The van der Waals surface area contributed by atoms with Crippen LogP contribution in [0.1, 0.15) is 29.5 Å². The maximum atomic E-state index is 9.46. The van der Waals surface area contributed by atoms with E-state index in [4.69, 9.17) is 0 Å². The van der Waals surface area contributed by atoms with Gasteiger partial charge in [-0.1, -0.05) is 0 Å². The van der Waals surface area contributed by atoms with Crippen LogP contribution in [0.15, 0.2) is 12.1 Å². The molecule has 15 heavy (non-hydrogen) atoms. The Morgan fingerprint density at radius 3 is 2.53 bits per heavy atom. The first-order valence-electron chi connectivity index (χ1n) is 5.69. The smallest absolute Gasteiger partial charge is 0.116 e. The Balaban J connectivity index is 2.19. The quantitative estimate of drug-likeness (QED) is 0.776. The van der Waals surface area contributed by atoms with Crippen molar-refractivity contribution in [1.82, 2.24) is 5.32 Å². The van der Waals surface area contributed by atoms with Gasteiger partial charge in [-0.15, -0.1) is 0 Å². The molecule has 1 saturated heterocycles. The molecule has 1 aromatic carbocycles. The Morgan fingerprint density at radius 1 is 1.33 bits per heavy atom. The summed E-state index contributed by atoms with van der Waals surface area (Å²) in [5.74, 6) is 0.383. The van der Waals surface area contributed by atoms with Crippen molar-refractivity contribution in [2.75, 3.05) is 6.54 Å². The van der Waals surface area contributed by atoms with Gasteiger partial charge in [0.2, 0.25) is 0 Å². The third-order valence-corrected chi connectivity index (χ3v) is 3.29. The van der Waals surface area contributed by atoms with Crippen molar-refractivity contribution in [2.45, 2.75) is 39.2 Å². The number of nitrogens with one attached hydrogen (secondary N) is 1. The Kier molecular flexibility index (Phi) is 2.96. The number of rotatable bonds is 2. The molecular weight excluding hydrogens is 186 g/mol. The molecule has 0 amide bonds. The SMILES string of the molecule is Cc1cc(O)cc(C)c1CC1CCCN1. The minimum absolute atomic E-state index is 0.383. The summed E-state index contributed by atoms with van der Waals surface area (Å²) in [6.07, 6.45) is 3.67. The molecule has 2 heteroatoms. The molecule has 0 bridgehead atoms. The molecule has 2 rings (SSSR count). The highest BCUT2D eigenvalue weighted by molar-refractivity contribution is 5.40. The number of hydrogen-bond donors (Lipinski definition) is 2. The van der Waals surface area contributed by atoms with E-state index in [-0.39, 0.29) is 0 Å². The molecule has 1 aliphatic rings. The second-order valence-corrected chi connectivity index (χ2v) is 4.56. The van der Waals surface area contributed by atoms with Crippen LogP contribution in [-0.2, 0) is 6.42 Å². The summed E-state index contributed by atoms with van der Waals surface area (Å²) in [6, 6.07) is 4.35. The molecule has 82 valence electrons. The van der Waals surface area contributed by atoms with E-state index >= 15 is 0 Å². The lowest BCUT2D eigenvalue weighted by atomic mass is 9.95. The van der Waals surface area contributed by atoms with Crippen LogP contribution >= 0.6 is 0 Å². The molecule has 0 radical (unpaired) electrons. The molecule has 1 fully saturated rings. The van der Waals surface area contributed by atoms with E-state index in [9.17, 15) is 5.11 Å². The monoisotopic (exact) mass is 205 g/mol. The predicted molar refractivity (Wildman–Crippen MR) is 62.3 cm³/mol. The van der Waals surface area contributed by atoms with Crippen molar-refractivity contribution in [1.29, 1.82) is 0 Å². The summed E-state index contributed by atoms with van der Waals surface area (Å²) < 4.78 is 0. The van der Waals surface area contributed by atoms with Gasteiger partial charge in [-0.25, -0.2) is 0 Å². The maximum absolute atomic E-state index is 9.46. The van der Waals surface area contributed by atoms with Crippen LogP contribution < -0.4 is 5.32 Å². The zero-order valence-electron chi connectivity index (χ0n) is 9.51. The Morgan fingerprint density at radius 2 is 2.00 bits per heavy atom. The molecule has 2 N–H and O–H groups in total. The van der Waals surface area contributed by atoms with E-state index in [0.717, 1.165) is 13.0 Å². The first-order chi connectivity index (χ1) is 7.16. The standard InChI is InChI=1S/C13H19NO/c1-9-6-12(15)7-10(2)13(9)8-11-4-3-5-14-11/h6-7,11,14-15H,3-5,8H2,1-2H3. The highest BCUT2D eigenvalue weighted by Crippen LogP contribution is 2.23. The van der Waals surface area contributed by atoms with Crippen molar-refractivity contribution >= 4 is 0 Å². The van der Waals surface area contributed by atoms with Crippen LogP contribution in [0.4, 0.5) is 0 Å². The van der Waals surface area contributed by atoms with E-state index in [2.05, 4.69) is 19.2 Å². The van der Waals surface area contributed by atoms with Gasteiger partial charge in [0.15, 0.2) is 0 Å². The van der Waals surface area contributed by atoms with Gasteiger partial charge in [0.05, 0.1) is 0 Å². The minimum Gasteiger partial charge on any atom is -0.508 e. The molecule has 0 aromatic heterocycles. The van der Waals surface area contributed by atoms with Crippen molar-refractivity contribution in [2.24, 2.45) is 0 Å². The molecule has 1 heterocycles. The average molecular weight is 205 g/mol. The Hall–Kier alpha value is -1.02. The first-order valence-corrected chi connectivity index (χ1v) is 5.69. The summed E-state index contributed by atoms with van der Waals surface area (Å²) in [5, 5.41) is 13.0. The fraction of sp³-hybridized carbons (Fsp3) is 0.538. The van der Waals surface area contributed by atoms with Crippen molar-refractivity contribution in [3.05, 3.63) is 28.8 Å². The summed E-state index contributed by atoms with van der Waals surface area (Å²) in [7, 11) is 0. The highest BCUT2D eigenvalue weighted by atomic mass is 16.3. The third-order valence-electron chi connectivity index (χ3n) is 3.29. The first kappa shape index (κ1) is 10.5. The topological polar surface area (TPSA) is 32.3 Å². The molecule has 0 spiro atoms. The molecule has 2 nitrogen and oxygen atoms in total. The van der Waals surface area contributed by atoms with E-state index in [0.29, 0.717) is 11.8 Å². The number of phenols is 1. The minimum atomic E-state index is 0.383. The number of benzene rings is 1. The molecule has 1 aromatic rings. The molecule has 1 atom stereocenters. The van der Waals surface area contributed by atoms with E-state index in [1.165, 1.54) is 29.5 Å². The number of hydrogen-bond acceptors (Lipinski definition) is 2. The third kappa shape index (κ3) is 2.32. The summed E-state index contributed by atoms with van der Waals surface area (Å²) in [4.78, 5) is 0. The maximum Gasteiger partial charge on any atom is 0.116 e. The van der Waals surface area contributed by atoms with Crippen LogP contribution in [0, 0.1) is 13.8 Å². The highest BCUT2D eigenvalue weighted by Gasteiger charge is 2.16. The van der Waals surface area contributed by atoms with Crippen LogP contribution in [-0.4, -0.2) is 17.7 Å². The van der Waals surface area contributed by atoms with Crippen LogP contribution in [0.5, 0.6) is 5.75 Å². The normalized spacial score (nSPS) is 20.8. The summed E-state index contributed by atoms with van der Waals surface area (Å²) in [5.41, 5.74) is 3.81. The molecule has 0 aliphatic carbocycles. The van der Waals surface area contributed by atoms with E-state index in [1.807, 2.05) is 12.1 Å². The van der Waals surface area contributed by atoms with Gasteiger partial charge in [0.1, 0.15) is 5.75 Å². The van der Waals surface area contributed by atoms with Crippen LogP contribution in [0.3, 0.4) is 0 Å². The average Bonchev–Trinajstić information content (AvgIpc) is 2.63. The lowest BCUT2D eigenvalue weighted by molar-refractivity contribution is 0.473. The fourth-order valence-electron chi connectivity index (χ4n) is 2.47.